The molecule has 0 radical (unpaired) electrons. The van der Waals surface area contributed by atoms with E-state index in [0.717, 1.165) is 6.07 Å². The molecule has 0 fully saturated rings. The Kier molecular flexibility index (Phi) is 5.75. The van der Waals surface area contributed by atoms with Crippen LogP contribution >= 0.6 is 0 Å². The van der Waals surface area contributed by atoms with Gasteiger partial charge in [-0.05, 0) is 0 Å². The minimum absolute atomic E-state index is 0.00500. The lowest BCUT2D eigenvalue weighted by atomic mass is 10.2. The van der Waals surface area contributed by atoms with Gasteiger partial charge in [-0.2, -0.15) is 4.39 Å². The van der Waals surface area contributed by atoms with E-state index in [2.05, 4.69) is 4.74 Å². The lowest BCUT2D eigenvalue weighted by molar-refractivity contribution is -0.387. The Morgan fingerprint density at radius 3 is 2.75 bits per heavy atom. The third-order valence-corrected chi connectivity index (χ3v) is 4.12. The van der Waals surface area contributed by atoms with Crippen molar-refractivity contribution >= 4 is 22.5 Å². The number of ether oxygens (including phenoxy) is 1. The molecule has 0 amide bonds. The maximum atomic E-state index is 13.8. The van der Waals surface area contributed by atoms with E-state index >= 15 is 0 Å². The van der Waals surface area contributed by atoms with E-state index < -0.39 is 39.1 Å². The van der Waals surface area contributed by atoms with Crippen LogP contribution in [-0.2, 0) is 26.1 Å². The van der Waals surface area contributed by atoms with Gasteiger partial charge in [-0.1, -0.05) is 19.1 Å². The number of carbonyl (C=O) groups excluding carboxylic acids is 1. The minimum Gasteiger partial charge on any atom is -0.469 e. The van der Waals surface area contributed by atoms with E-state index in [0.29, 0.717) is 0 Å². The summed E-state index contributed by atoms with van der Waals surface area (Å²) in [7, 11) is -0.294. The summed E-state index contributed by atoms with van der Waals surface area (Å²) in [5.74, 6) is -2.25. The highest BCUT2D eigenvalue weighted by molar-refractivity contribution is 7.84. The number of esters is 1. The molecule has 6 nitrogen and oxygen atoms in total. The standard InChI is InChI=1S/C12H14FNO5S/c1-8(12(15)19-2)6-20(18)7-9-4-3-5-10(11(9)13)14(16)17/h3-5,8H,6-7H2,1-2H3. The molecule has 0 aromatic heterocycles. The van der Waals surface area contributed by atoms with Gasteiger partial charge in [0, 0.05) is 28.2 Å². The van der Waals surface area contributed by atoms with Crippen LogP contribution in [0.15, 0.2) is 18.2 Å². The largest absolute Gasteiger partial charge is 0.469 e. The van der Waals surface area contributed by atoms with Crippen LogP contribution in [0.4, 0.5) is 10.1 Å². The molecule has 0 bridgehead atoms. The summed E-state index contributed by atoms with van der Waals surface area (Å²) >= 11 is 0. The molecule has 2 unspecified atom stereocenters. The molecular formula is C12H14FNO5S. The molecule has 0 saturated heterocycles. The fraction of sp³-hybridized carbons (Fsp3) is 0.417. The molecule has 1 rings (SSSR count). The van der Waals surface area contributed by atoms with Gasteiger partial charge in [0.1, 0.15) is 0 Å². The molecule has 0 heterocycles. The Morgan fingerprint density at radius 1 is 1.55 bits per heavy atom. The zero-order valence-corrected chi connectivity index (χ0v) is 11.8. The number of hydrogen-bond donors (Lipinski definition) is 0. The zero-order chi connectivity index (χ0) is 15.3. The van der Waals surface area contributed by atoms with Gasteiger partial charge in [-0.15, -0.1) is 0 Å². The fourth-order valence-corrected chi connectivity index (χ4v) is 2.98. The van der Waals surface area contributed by atoms with Crippen LogP contribution in [0.3, 0.4) is 0 Å². The summed E-state index contributed by atoms with van der Waals surface area (Å²) in [4.78, 5) is 20.9. The monoisotopic (exact) mass is 303 g/mol. The number of halogens is 1. The van der Waals surface area contributed by atoms with E-state index in [1.807, 2.05) is 0 Å². The summed E-state index contributed by atoms with van der Waals surface area (Å²) in [6.45, 7) is 1.55. The third kappa shape index (κ3) is 4.09. The number of nitrogens with zero attached hydrogens (tertiary/aromatic N) is 1. The van der Waals surface area contributed by atoms with E-state index in [9.17, 15) is 23.5 Å². The average molecular weight is 303 g/mol. The van der Waals surface area contributed by atoms with Crippen molar-refractivity contribution < 1.29 is 23.1 Å². The number of nitro groups is 1. The zero-order valence-electron chi connectivity index (χ0n) is 11.0. The Morgan fingerprint density at radius 2 is 2.20 bits per heavy atom. The highest BCUT2D eigenvalue weighted by Gasteiger charge is 2.21. The van der Waals surface area contributed by atoms with Crippen LogP contribution in [0, 0.1) is 21.8 Å². The summed E-state index contributed by atoms with van der Waals surface area (Å²) in [6.07, 6.45) is 0. The normalized spacial score (nSPS) is 13.6. The molecular weight excluding hydrogens is 289 g/mol. The van der Waals surface area contributed by atoms with E-state index in [1.165, 1.54) is 19.2 Å². The first-order valence-corrected chi connectivity index (χ1v) is 7.20. The van der Waals surface area contributed by atoms with Crippen LogP contribution in [0.5, 0.6) is 0 Å². The number of nitro benzene ring substituents is 1. The number of rotatable bonds is 6. The van der Waals surface area contributed by atoms with Crippen LogP contribution < -0.4 is 0 Å². The molecule has 1 aromatic rings. The first-order chi connectivity index (χ1) is 9.36. The number of hydrogen-bond acceptors (Lipinski definition) is 5. The van der Waals surface area contributed by atoms with Crippen molar-refractivity contribution in [2.24, 2.45) is 5.92 Å². The molecule has 0 saturated carbocycles. The van der Waals surface area contributed by atoms with Gasteiger partial charge in [-0.25, -0.2) is 0 Å². The molecule has 0 aliphatic rings. The lowest BCUT2D eigenvalue weighted by Crippen LogP contribution is -2.20. The van der Waals surface area contributed by atoms with Crippen LogP contribution in [-0.4, -0.2) is 28.0 Å². The maximum absolute atomic E-state index is 13.8. The van der Waals surface area contributed by atoms with Gasteiger partial charge in [0.2, 0.25) is 5.82 Å². The molecule has 20 heavy (non-hydrogen) atoms. The topological polar surface area (TPSA) is 86.5 Å². The predicted molar refractivity (Wildman–Crippen MR) is 70.9 cm³/mol. The van der Waals surface area contributed by atoms with Crippen LogP contribution in [0.25, 0.3) is 0 Å². The molecule has 1 aromatic carbocycles. The number of benzene rings is 1. The van der Waals surface area contributed by atoms with Gasteiger partial charge in [0.05, 0.1) is 23.7 Å². The van der Waals surface area contributed by atoms with Crippen LogP contribution in [0.1, 0.15) is 12.5 Å². The van der Waals surface area contributed by atoms with Gasteiger partial charge in [-0.3, -0.25) is 19.1 Å². The van der Waals surface area contributed by atoms with Gasteiger partial charge in [0.15, 0.2) is 0 Å². The molecule has 110 valence electrons. The lowest BCUT2D eigenvalue weighted by Gasteiger charge is -2.09. The SMILES string of the molecule is COC(=O)C(C)CS(=O)Cc1cccc([N+](=O)[O-])c1F. The Labute approximate surface area is 117 Å². The van der Waals surface area contributed by atoms with Crippen molar-refractivity contribution in [2.75, 3.05) is 12.9 Å². The van der Waals surface area contributed by atoms with Crippen molar-refractivity contribution in [3.05, 3.63) is 39.7 Å². The highest BCUT2D eigenvalue weighted by atomic mass is 32.2. The molecule has 0 N–H and O–H groups in total. The fourth-order valence-electron chi connectivity index (χ4n) is 1.60. The third-order valence-electron chi connectivity index (χ3n) is 2.61. The Hall–Kier alpha value is -1.83. The minimum atomic E-state index is -1.52. The number of methoxy groups -OCH3 is 1. The molecule has 0 spiro atoms. The Bertz CT molecular complexity index is 549. The van der Waals surface area contributed by atoms with Gasteiger partial charge < -0.3 is 4.74 Å². The summed E-state index contributed by atoms with van der Waals surface area (Å²) in [6, 6.07) is 3.71. The molecule has 0 aliphatic heterocycles. The van der Waals surface area contributed by atoms with E-state index in [-0.39, 0.29) is 17.1 Å². The number of carbonyl (C=O) groups is 1. The van der Waals surface area contributed by atoms with E-state index in [1.54, 1.807) is 6.92 Å². The second kappa shape index (κ2) is 7.09. The van der Waals surface area contributed by atoms with Crippen molar-refractivity contribution in [1.82, 2.24) is 0 Å². The molecule has 2 atom stereocenters. The average Bonchev–Trinajstić information content (AvgIpc) is 2.39. The van der Waals surface area contributed by atoms with Gasteiger partial charge >= 0.3 is 11.7 Å². The summed E-state index contributed by atoms with van der Waals surface area (Å²) in [5.41, 5.74) is -0.657. The first kappa shape index (κ1) is 16.2. The second-order valence-corrected chi connectivity index (χ2v) is 5.68. The first-order valence-electron chi connectivity index (χ1n) is 5.71. The maximum Gasteiger partial charge on any atom is 0.309 e. The van der Waals surface area contributed by atoms with Crippen LogP contribution in [0.2, 0.25) is 0 Å². The van der Waals surface area contributed by atoms with Gasteiger partial charge in [0.25, 0.3) is 0 Å². The molecule has 0 aliphatic carbocycles. The Balaban J connectivity index is 2.79. The van der Waals surface area contributed by atoms with Crippen molar-refractivity contribution in [2.45, 2.75) is 12.7 Å². The van der Waals surface area contributed by atoms with Crippen molar-refractivity contribution in [1.29, 1.82) is 0 Å². The smallest absolute Gasteiger partial charge is 0.309 e. The van der Waals surface area contributed by atoms with Crippen molar-refractivity contribution in [3.63, 3.8) is 0 Å². The van der Waals surface area contributed by atoms with Crippen molar-refractivity contribution in [3.8, 4) is 0 Å². The predicted octanol–water partition coefficient (Wildman–Crippen LogP) is 1.79. The quantitative estimate of drug-likeness (QED) is 0.454. The summed E-state index contributed by atoms with van der Waals surface area (Å²) in [5, 5.41) is 10.6. The summed E-state index contributed by atoms with van der Waals surface area (Å²) < 4.78 is 30.1. The highest BCUT2D eigenvalue weighted by Crippen LogP contribution is 2.21. The van der Waals surface area contributed by atoms with E-state index in [4.69, 9.17) is 0 Å². The molecule has 8 heteroatoms. The second-order valence-electron chi connectivity index (χ2n) is 4.18.